The van der Waals surface area contributed by atoms with Crippen LogP contribution >= 0.6 is 12.6 Å². The molecule has 1 nitrogen and oxygen atoms in total. The second kappa shape index (κ2) is 5.57. The third kappa shape index (κ3) is 4.27. The summed E-state index contributed by atoms with van der Waals surface area (Å²) in [5.74, 6) is 0.750. The Labute approximate surface area is 98.7 Å². The molecule has 0 radical (unpaired) electrons. The van der Waals surface area contributed by atoms with E-state index in [0.717, 1.165) is 18.8 Å². The van der Waals surface area contributed by atoms with Crippen molar-refractivity contribution in [2.24, 2.45) is 0 Å². The molecule has 0 bridgehead atoms. The number of rotatable bonds is 4. The van der Waals surface area contributed by atoms with Crippen LogP contribution in [-0.2, 0) is 11.8 Å². The van der Waals surface area contributed by atoms with Gasteiger partial charge >= 0.3 is 0 Å². The molecule has 0 spiro atoms. The molecule has 2 heteroatoms. The van der Waals surface area contributed by atoms with Gasteiger partial charge in [-0.15, -0.1) is 0 Å². The lowest BCUT2D eigenvalue weighted by Crippen LogP contribution is -2.15. The summed E-state index contributed by atoms with van der Waals surface area (Å²) in [5, 5.41) is 3.21. The van der Waals surface area contributed by atoms with Crippen LogP contribution in [0.3, 0.4) is 0 Å². The Kier molecular flexibility index (Phi) is 4.68. The van der Waals surface area contributed by atoms with Gasteiger partial charge in [0, 0.05) is 5.88 Å². The molecule has 1 aromatic rings. The summed E-state index contributed by atoms with van der Waals surface area (Å²) in [6, 6.07) is 8.91. The van der Waals surface area contributed by atoms with E-state index in [1.165, 1.54) is 11.1 Å². The molecule has 1 aromatic carbocycles. The lowest BCUT2D eigenvalue weighted by atomic mass is 9.86. The molecular formula is C13H21NS. The van der Waals surface area contributed by atoms with Crippen molar-refractivity contribution in [1.29, 1.82) is 0 Å². The number of hydrogen-bond donors (Lipinski definition) is 2. The Balaban J connectivity index is 2.57. The van der Waals surface area contributed by atoms with Crippen LogP contribution < -0.4 is 5.32 Å². The van der Waals surface area contributed by atoms with Crippen molar-refractivity contribution >= 4 is 12.6 Å². The van der Waals surface area contributed by atoms with Crippen LogP contribution in [0.2, 0.25) is 0 Å². The van der Waals surface area contributed by atoms with Gasteiger partial charge in [0.2, 0.25) is 0 Å². The van der Waals surface area contributed by atoms with Crippen LogP contribution in [0, 0.1) is 0 Å². The first-order valence-electron chi connectivity index (χ1n) is 5.45. The number of benzene rings is 1. The second-order valence-electron chi connectivity index (χ2n) is 4.86. The highest BCUT2D eigenvalue weighted by Gasteiger charge is 2.12. The highest BCUT2D eigenvalue weighted by atomic mass is 32.1. The topological polar surface area (TPSA) is 12.0 Å². The molecule has 0 amide bonds. The molecule has 0 saturated carbocycles. The number of nitrogens with one attached hydrogen (secondary N) is 1. The fourth-order valence-electron chi connectivity index (χ4n) is 1.48. The molecule has 0 aliphatic heterocycles. The largest absolute Gasteiger partial charge is 0.308 e. The maximum absolute atomic E-state index is 4.11. The third-order valence-corrected chi connectivity index (χ3v) is 2.75. The van der Waals surface area contributed by atoms with Crippen molar-refractivity contribution < 1.29 is 0 Å². The zero-order chi connectivity index (χ0) is 11.3. The molecule has 0 heterocycles. The molecule has 0 saturated heterocycles. The average molecular weight is 223 g/mol. The van der Waals surface area contributed by atoms with Gasteiger partial charge in [-0.2, -0.15) is 12.6 Å². The van der Waals surface area contributed by atoms with E-state index in [-0.39, 0.29) is 5.41 Å². The van der Waals surface area contributed by atoms with E-state index in [1.54, 1.807) is 0 Å². The maximum atomic E-state index is 4.11. The SMILES string of the molecule is CC(C)(C)c1ccc(CCNCS)cc1. The Bertz CT molecular complexity index is 284. The van der Waals surface area contributed by atoms with Crippen molar-refractivity contribution in [1.82, 2.24) is 5.32 Å². The lowest BCUT2D eigenvalue weighted by molar-refractivity contribution is 0.590. The van der Waals surface area contributed by atoms with Gasteiger partial charge in [0.05, 0.1) is 0 Å². The molecule has 1 rings (SSSR count). The standard InChI is InChI=1S/C13H21NS/c1-13(2,3)12-6-4-11(5-7-12)8-9-14-10-15/h4-7,14-15H,8-10H2,1-3H3. The molecule has 0 aliphatic carbocycles. The van der Waals surface area contributed by atoms with E-state index >= 15 is 0 Å². The van der Waals surface area contributed by atoms with Crippen LogP contribution in [-0.4, -0.2) is 12.4 Å². The Morgan fingerprint density at radius 3 is 2.20 bits per heavy atom. The maximum Gasteiger partial charge on any atom is 0.0387 e. The van der Waals surface area contributed by atoms with Crippen molar-refractivity contribution in [3.63, 3.8) is 0 Å². The van der Waals surface area contributed by atoms with E-state index < -0.39 is 0 Å². The predicted octanol–water partition coefficient (Wildman–Crippen LogP) is 3.00. The van der Waals surface area contributed by atoms with Crippen LogP contribution in [0.1, 0.15) is 31.9 Å². The fraction of sp³-hybridized carbons (Fsp3) is 0.538. The Hall–Kier alpha value is -0.470. The highest BCUT2D eigenvalue weighted by Crippen LogP contribution is 2.22. The Morgan fingerprint density at radius 1 is 1.13 bits per heavy atom. The summed E-state index contributed by atoms with van der Waals surface area (Å²) in [6.07, 6.45) is 1.07. The summed E-state index contributed by atoms with van der Waals surface area (Å²) in [6.45, 7) is 7.72. The van der Waals surface area contributed by atoms with Crippen molar-refractivity contribution in [2.45, 2.75) is 32.6 Å². The summed E-state index contributed by atoms with van der Waals surface area (Å²) in [5.41, 5.74) is 3.03. The van der Waals surface area contributed by atoms with Gasteiger partial charge in [0.15, 0.2) is 0 Å². The smallest absolute Gasteiger partial charge is 0.0387 e. The van der Waals surface area contributed by atoms with Gasteiger partial charge in [0.1, 0.15) is 0 Å². The fourth-order valence-corrected chi connectivity index (χ4v) is 1.64. The average Bonchev–Trinajstić information content (AvgIpc) is 2.18. The predicted molar refractivity (Wildman–Crippen MR) is 70.7 cm³/mol. The van der Waals surface area contributed by atoms with E-state index in [0.29, 0.717) is 0 Å². The highest BCUT2D eigenvalue weighted by molar-refractivity contribution is 7.80. The zero-order valence-electron chi connectivity index (χ0n) is 9.88. The van der Waals surface area contributed by atoms with E-state index in [4.69, 9.17) is 0 Å². The minimum Gasteiger partial charge on any atom is -0.308 e. The zero-order valence-corrected chi connectivity index (χ0v) is 10.8. The van der Waals surface area contributed by atoms with Gasteiger partial charge in [-0.05, 0) is 29.5 Å². The molecule has 0 fully saturated rings. The number of thiol groups is 1. The first-order valence-corrected chi connectivity index (χ1v) is 6.08. The molecule has 84 valence electrons. The first-order chi connectivity index (χ1) is 7.04. The molecule has 0 aromatic heterocycles. The van der Waals surface area contributed by atoms with Crippen LogP contribution in [0.15, 0.2) is 24.3 Å². The second-order valence-corrected chi connectivity index (χ2v) is 5.17. The minimum absolute atomic E-state index is 0.252. The Morgan fingerprint density at radius 2 is 1.73 bits per heavy atom. The molecular weight excluding hydrogens is 202 g/mol. The van der Waals surface area contributed by atoms with Crippen LogP contribution in [0.5, 0.6) is 0 Å². The first kappa shape index (κ1) is 12.6. The lowest BCUT2D eigenvalue weighted by Gasteiger charge is -2.19. The van der Waals surface area contributed by atoms with Gasteiger partial charge in [-0.1, -0.05) is 45.0 Å². The molecule has 0 aliphatic rings. The van der Waals surface area contributed by atoms with Gasteiger partial charge in [0.25, 0.3) is 0 Å². The molecule has 1 N–H and O–H groups in total. The van der Waals surface area contributed by atoms with Crippen molar-refractivity contribution in [3.8, 4) is 0 Å². The third-order valence-electron chi connectivity index (χ3n) is 2.52. The monoisotopic (exact) mass is 223 g/mol. The van der Waals surface area contributed by atoms with E-state index in [9.17, 15) is 0 Å². The van der Waals surface area contributed by atoms with E-state index in [2.05, 4.69) is 63.0 Å². The van der Waals surface area contributed by atoms with Crippen molar-refractivity contribution in [3.05, 3.63) is 35.4 Å². The summed E-state index contributed by atoms with van der Waals surface area (Å²) >= 11 is 4.11. The normalized spacial score (nSPS) is 11.7. The molecule has 15 heavy (non-hydrogen) atoms. The van der Waals surface area contributed by atoms with E-state index in [1.807, 2.05) is 0 Å². The summed E-state index contributed by atoms with van der Waals surface area (Å²) < 4.78 is 0. The molecule has 0 unspecified atom stereocenters. The van der Waals surface area contributed by atoms with Crippen molar-refractivity contribution in [2.75, 3.05) is 12.4 Å². The molecule has 0 atom stereocenters. The summed E-state index contributed by atoms with van der Waals surface area (Å²) in [7, 11) is 0. The van der Waals surface area contributed by atoms with Gasteiger partial charge < -0.3 is 5.32 Å². The number of hydrogen-bond acceptors (Lipinski definition) is 2. The minimum atomic E-state index is 0.252. The van der Waals surface area contributed by atoms with Gasteiger partial charge in [-0.3, -0.25) is 0 Å². The van der Waals surface area contributed by atoms with Crippen LogP contribution in [0.4, 0.5) is 0 Å². The van der Waals surface area contributed by atoms with Crippen LogP contribution in [0.25, 0.3) is 0 Å². The summed E-state index contributed by atoms with van der Waals surface area (Å²) in [4.78, 5) is 0. The quantitative estimate of drug-likeness (QED) is 0.454. The van der Waals surface area contributed by atoms with Gasteiger partial charge in [-0.25, -0.2) is 0 Å².